The molecule has 2 fully saturated rings. The van der Waals surface area contributed by atoms with Gasteiger partial charge in [-0.3, -0.25) is 9.69 Å². The third kappa shape index (κ3) is 9.11. The van der Waals surface area contributed by atoms with E-state index in [0.717, 1.165) is 50.9 Å². The van der Waals surface area contributed by atoms with Gasteiger partial charge in [-0.1, -0.05) is 26.0 Å². The first kappa shape index (κ1) is 36.4. The molecule has 1 saturated heterocycles. The van der Waals surface area contributed by atoms with Crippen LogP contribution in [0.4, 0.5) is 8.78 Å². The Morgan fingerprint density at radius 2 is 1.67 bits per heavy atom. The predicted octanol–water partition coefficient (Wildman–Crippen LogP) is 6.29. The van der Waals surface area contributed by atoms with E-state index < -0.39 is 27.7 Å². The summed E-state index contributed by atoms with van der Waals surface area (Å²) >= 11 is 0. The fourth-order valence-electron chi connectivity index (χ4n) is 6.80. The van der Waals surface area contributed by atoms with Crippen LogP contribution in [0.5, 0.6) is 0 Å². The van der Waals surface area contributed by atoms with Crippen molar-refractivity contribution < 1.29 is 27.1 Å². The van der Waals surface area contributed by atoms with E-state index >= 15 is 0 Å². The SMILES string of the molecule is CC(C)[C@H](C(=O)O)N(C)C1CC(CN2CCC(CCS(=O)(=O)c3ccc(F)cc3)CC2)C(c2cccc(F)c2)C1.Cl.Cl. The van der Waals surface area contributed by atoms with Crippen molar-refractivity contribution in [2.24, 2.45) is 17.8 Å². The molecule has 236 valence electrons. The molecule has 0 radical (unpaired) electrons. The number of aliphatic carboxylic acids is 1. The van der Waals surface area contributed by atoms with Crippen molar-refractivity contribution in [3.8, 4) is 0 Å². The van der Waals surface area contributed by atoms with Crippen LogP contribution in [0, 0.1) is 29.4 Å². The smallest absolute Gasteiger partial charge is 0.321 e. The number of likely N-dealkylation sites (N-methyl/N-ethyl adjacent to an activating group) is 1. The Kier molecular flexibility index (Phi) is 13.7. The van der Waals surface area contributed by atoms with Crippen molar-refractivity contribution >= 4 is 40.6 Å². The molecule has 11 heteroatoms. The van der Waals surface area contributed by atoms with Gasteiger partial charge in [0, 0.05) is 12.6 Å². The molecule has 3 unspecified atom stereocenters. The molecule has 2 aliphatic rings. The van der Waals surface area contributed by atoms with Crippen LogP contribution in [0.2, 0.25) is 0 Å². The Hall–Kier alpha value is -1.78. The van der Waals surface area contributed by atoms with Crippen molar-refractivity contribution in [2.75, 3.05) is 32.4 Å². The molecule has 0 spiro atoms. The van der Waals surface area contributed by atoms with Crippen LogP contribution in [0.25, 0.3) is 0 Å². The zero-order valence-electron chi connectivity index (χ0n) is 24.5. The first-order valence-corrected chi connectivity index (χ1v) is 16.0. The van der Waals surface area contributed by atoms with Gasteiger partial charge in [0.15, 0.2) is 9.84 Å². The number of rotatable bonds is 11. The Labute approximate surface area is 261 Å². The minimum atomic E-state index is -3.44. The molecule has 0 aromatic heterocycles. The van der Waals surface area contributed by atoms with Crippen molar-refractivity contribution in [3.05, 3.63) is 65.7 Å². The summed E-state index contributed by atoms with van der Waals surface area (Å²) in [6, 6.07) is 11.3. The molecule has 42 heavy (non-hydrogen) atoms. The zero-order chi connectivity index (χ0) is 29.0. The number of halogens is 4. The van der Waals surface area contributed by atoms with Crippen LogP contribution in [0.15, 0.2) is 53.4 Å². The molecular formula is C31H44Cl2F2N2O4S. The maximum Gasteiger partial charge on any atom is 0.321 e. The maximum absolute atomic E-state index is 14.2. The molecule has 1 aliphatic carbocycles. The van der Waals surface area contributed by atoms with Crippen LogP contribution in [-0.2, 0) is 14.6 Å². The predicted molar refractivity (Wildman–Crippen MR) is 166 cm³/mol. The first-order valence-electron chi connectivity index (χ1n) is 14.4. The number of sulfone groups is 1. The van der Waals surface area contributed by atoms with Gasteiger partial charge in [-0.15, -0.1) is 24.8 Å². The Morgan fingerprint density at radius 3 is 2.24 bits per heavy atom. The van der Waals surface area contributed by atoms with Gasteiger partial charge in [-0.05, 0) is 118 Å². The van der Waals surface area contributed by atoms with Crippen LogP contribution >= 0.6 is 24.8 Å². The molecule has 0 bridgehead atoms. The summed E-state index contributed by atoms with van der Waals surface area (Å²) in [5, 5.41) is 9.86. The molecule has 4 atom stereocenters. The Morgan fingerprint density at radius 1 is 1.02 bits per heavy atom. The fraction of sp³-hybridized carbons (Fsp3) is 0.581. The van der Waals surface area contributed by atoms with Gasteiger partial charge in [0.05, 0.1) is 10.6 Å². The lowest BCUT2D eigenvalue weighted by molar-refractivity contribution is -0.145. The highest BCUT2D eigenvalue weighted by Crippen LogP contribution is 2.43. The third-order valence-corrected chi connectivity index (χ3v) is 10.8. The van der Waals surface area contributed by atoms with Crippen molar-refractivity contribution in [2.45, 2.75) is 68.8 Å². The Balaban J connectivity index is 0.00000308. The zero-order valence-corrected chi connectivity index (χ0v) is 26.9. The van der Waals surface area contributed by atoms with Crippen molar-refractivity contribution in [3.63, 3.8) is 0 Å². The summed E-state index contributed by atoms with van der Waals surface area (Å²) < 4.78 is 52.7. The van der Waals surface area contributed by atoms with Crippen LogP contribution in [0.3, 0.4) is 0 Å². The van der Waals surface area contributed by atoms with Crippen molar-refractivity contribution in [1.82, 2.24) is 9.80 Å². The number of nitrogens with zero attached hydrogens (tertiary/aromatic N) is 2. The molecule has 2 aromatic rings. The number of piperidine rings is 1. The van der Waals surface area contributed by atoms with E-state index in [4.69, 9.17) is 0 Å². The van der Waals surface area contributed by atoms with E-state index in [1.165, 1.54) is 30.3 Å². The number of carbonyl (C=O) groups is 1. The largest absolute Gasteiger partial charge is 0.480 e. The number of hydrogen-bond donors (Lipinski definition) is 1. The number of carboxylic acids is 1. The summed E-state index contributed by atoms with van der Waals surface area (Å²) in [4.78, 5) is 16.6. The highest BCUT2D eigenvalue weighted by molar-refractivity contribution is 7.91. The van der Waals surface area contributed by atoms with Gasteiger partial charge >= 0.3 is 5.97 Å². The monoisotopic (exact) mass is 648 g/mol. The molecule has 1 heterocycles. The van der Waals surface area contributed by atoms with Gasteiger partial charge < -0.3 is 10.0 Å². The van der Waals surface area contributed by atoms with Gasteiger partial charge in [0.2, 0.25) is 0 Å². The second-order valence-electron chi connectivity index (χ2n) is 12.0. The second-order valence-corrected chi connectivity index (χ2v) is 14.2. The van der Waals surface area contributed by atoms with Crippen molar-refractivity contribution in [1.29, 1.82) is 0 Å². The minimum Gasteiger partial charge on any atom is -0.480 e. The molecule has 1 N–H and O–H groups in total. The number of benzene rings is 2. The lowest BCUT2D eigenvalue weighted by Gasteiger charge is -2.35. The highest BCUT2D eigenvalue weighted by atomic mass is 35.5. The first-order chi connectivity index (χ1) is 18.9. The lowest BCUT2D eigenvalue weighted by atomic mass is 9.87. The minimum absolute atomic E-state index is 0. The summed E-state index contributed by atoms with van der Waals surface area (Å²) in [6.07, 6.45) is 4.05. The average Bonchev–Trinajstić information content (AvgIpc) is 3.32. The standard InChI is InChI=1S/C31H42F2N2O4S.2ClH/c1-21(2)30(31(36)37)34(3)27-18-24(29(19-27)23-5-4-6-26(33)17-23)20-35-14-11-22(12-15-35)13-16-40(38,39)28-9-7-25(32)8-10-28;;/h4-10,17,21-22,24,27,29-30H,11-16,18-20H2,1-3H3,(H,36,37);2*1H/t24?,27?,29?,30-;;/m1../s1. The molecule has 1 aliphatic heterocycles. The van der Waals surface area contributed by atoms with E-state index in [1.54, 1.807) is 12.1 Å². The highest BCUT2D eigenvalue weighted by Gasteiger charge is 2.41. The normalized spacial score (nSPS) is 22.5. The summed E-state index contributed by atoms with van der Waals surface area (Å²) in [6.45, 7) is 6.46. The molecule has 2 aromatic carbocycles. The third-order valence-electron chi connectivity index (χ3n) is 9.01. The average molecular weight is 650 g/mol. The van der Waals surface area contributed by atoms with Gasteiger partial charge in [-0.25, -0.2) is 17.2 Å². The van der Waals surface area contributed by atoms with E-state index in [2.05, 4.69) is 4.90 Å². The van der Waals surface area contributed by atoms with E-state index in [-0.39, 0.29) is 65.1 Å². The van der Waals surface area contributed by atoms with Gasteiger partial charge in [0.1, 0.15) is 17.7 Å². The number of hydrogen-bond acceptors (Lipinski definition) is 5. The second kappa shape index (κ2) is 15.8. The molecule has 6 nitrogen and oxygen atoms in total. The van der Waals surface area contributed by atoms with Crippen LogP contribution < -0.4 is 0 Å². The van der Waals surface area contributed by atoms with Crippen LogP contribution in [0.1, 0.15) is 57.4 Å². The Bertz CT molecular complexity index is 1260. The fourth-order valence-corrected chi connectivity index (χ4v) is 8.23. The molecule has 0 amide bonds. The summed E-state index contributed by atoms with van der Waals surface area (Å²) in [5.41, 5.74) is 0.971. The van der Waals surface area contributed by atoms with Gasteiger partial charge in [0.25, 0.3) is 0 Å². The van der Waals surface area contributed by atoms with E-state index in [0.29, 0.717) is 12.3 Å². The van der Waals surface area contributed by atoms with Gasteiger partial charge in [-0.2, -0.15) is 0 Å². The van der Waals surface area contributed by atoms with Crippen LogP contribution in [-0.4, -0.2) is 73.8 Å². The quantitative estimate of drug-likeness (QED) is 0.289. The summed E-state index contributed by atoms with van der Waals surface area (Å²) in [5.74, 6) is -0.762. The van der Waals surface area contributed by atoms with E-state index in [1.807, 2.05) is 31.9 Å². The lowest BCUT2D eigenvalue weighted by Crippen LogP contribution is -2.47. The topological polar surface area (TPSA) is 77.9 Å². The number of likely N-dealkylation sites (tertiary alicyclic amines) is 1. The molecule has 1 saturated carbocycles. The number of carboxylic acid groups (broad SMARTS) is 1. The van der Waals surface area contributed by atoms with E-state index in [9.17, 15) is 27.1 Å². The summed E-state index contributed by atoms with van der Waals surface area (Å²) in [7, 11) is -1.54. The maximum atomic E-state index is 14.2. The molecular weight excluding hydrogens is 605 g/mol. The molecule has 4 rings (SSSR count).